The smallest absolute Gasteiger partial charge is 0.308 e. The van der Waals surface area contributed by atoms with Crippen LogP contribution in [0.3, 0.4) is 0 Å². The molecule has 2 heterocycles. The number of ether oxygens (including phenoxy) is 2. The van der Waals surface area contributed by atoms with Gasteiger partial charge in [0.1, 0.15) is 18.0 Å². The van der Waals surface area contributed by atoms with Gasteiger partial charge >= 0.3 is 5.97 Å². The van der Waals surface area contributed by atoms with Gasteiger partial charge in [-0.25, -0.2) is 0 Å². The Morgan fingerprint density at radius 3 is 2.61 bits per heavy atom. The zero-order valence-corrected chi connectivity index (χ0v) is 28.1. The summed E-state index contributed by atoms with van der Waals surface area (Å²) in [6, 6.07) is 22.0. The Morgan fingerprint density at radius 1 is 1.07 bits per heavy atom. The molecule has 1 N–H and O–H groups in total. The van der Waals surface area contributed by atoms with Crippen LogP contribution in [0.15, 0.2) is 66.7 Å². The third kappa shape index (κ3) is 7.91. The molecule has 46 heavy (non-hydrogen) atoms. The highest BCUT2D eigenvalue weighted by Gasteiger charge is 2.47. The number of para-hydroxylation sites is 1. The van der Waals surface area contributed by atoms with Gasteiger partial charge in [0.15, 0.2) is 0 Å². The fraction of sp³-hybridized carbons (Fsp3) is 0.474. The summed E-state index contributed by atoms with van der Waals surface area (Å²) in [4.78, 5) is 31.4. The quantitative estimate of drug-likeness (QED) is 0.229. The third-order valence-electron chi connectivity index (χ3n) is 9.33. The maximum Gasteiger partial charge on any atom is 0.308 e. The lowest BCUT2D eigenvalue weighted by Gasteiger charge is -2.30. The van der Waals surface area contributed by atoms with E-state index in [4.69, 9.17) is 9.47 Å². The number of carboxylic acids is 1. The molecule has 3 aromatic carbocycles. The first-order valence-corrected chi connectivity index (χ1v) is 16.6. The molecule has 0 saturated carbocycles. The number of unbranched alkanes of at least 4 members (excludes halogenated alkanes) is 1. The standard InChI is InChI=1S/C38H49N3O5/c1-6-7-20-40(31-13-10-11-27(22-31)26-41(2,3)4)36(42)25-39-24-32(29-16-18-35-30(23-29)19-21-46-35)37(38(43)44)33(39)17-15-28-12-8-9-14-34(28)45-5/h8-14,16,18,22-23,32-33,37H,6-7,15,17,19-21,24-26H2,1-5H3/p+1/t32-,33+,37-/m1/s1. The minimum absolute atomic E-state index is 0.00489. The molecule has 5 rings (SSSR count). The van der Waals surface area contributed by atoms with Gasteiger partial charge in [-0.2, -0.15) is 0 Å². The number of carboxylic acid groups (broad SMARTS) is 1. The Morgan fingerprint density at radius 2 is 1.87 bits per heavy atom. The summed E-state index contributed by atoms with van der Waals surface area (Å²) in [6.45, 7) is 4.93. The molecule has 0 spiro atoms. The van der Waals surface area contributed by atoms with Crippen molar-refractivity contribution < 1.29 is 28.7 Å². The molecule has 0 unspecified atom stereocenters. The van der Waals surface area contributed by atoms with E-state index in [1.165, 1.54) is 5.56 Å². The van der Waals surface area contributed by atoms with E-state index in [9.17, 15) is 14.7 Å². The number of hydrogen-bond donors (Lipinski definition) is 1. The normalized spacial score (nSPS) is 19.5. The number of hydrogen-bond acceptors (Lipinski definition) is 5. The second-order valence-electron chi connectivity index (χ2n) is 13.8. The van der Waals surface area contributed by atoms with Crippen molar-refractivity contribution in [1.82, 2.24) is 4.90 Å². The average molecular weight is 629 g/mol. The van der Waals surface area contributed by atoms with Crippen molar-refractivity contribution in [2.24, 2.45) is 5.92 Å². The topological polar surface area (TPSA) is 79.3 Å². The van der Waals surface area contributed by atoms with E-state index in [0.717, 1.165) is 64.2 Å². The molecule has 3 atom stereocenters. The predicted molar refractivity (Wildman–Crippen MR) is 182 cm³/mol. The van der Waals surface area contributed by atoms with E-state index in [0.29, 0.717) is 32.5 Å². The van der Waals surface area contributed by atoms with Gasteiger partial charge in [-0.05, 0) is 60.2 Å². The first kappa shape index (κ1) is 33.5. The number of benzene rings is 3. The number of methoxy groups -OCH3 is 1. The Balaban J connectivity index is 1.45. The number of nitrogens with zero attached hydrogens (tertiary/aromatic N) is 3. The van der Waals surface area contributed by atoms with Gasteiger partial charge in [0.2, 0.25) is 5.91 Å². The molecule has 0 aromatic heterocycles. The number of anilines is 1. The van der Waals surface area contributed by atoms with Crippen molar-refractivity contribution in [3.8, 4) is 11.5 Å². The van der Waals surface area contributed by atoms with Crippen LogP contribution in [0.25, 0.3) is 0 Å². The number of amides is 1. The number of carbonyl (C=O) groups excluding carboxylic acids is 1. The molecule has 0 radical (unpaired) electrons. The van der Waals surface area contributed by atoms with Crippen LogP contribution >= 0.6 is 0 Å². The van der Waals surface area contributed by atoms with Crippen molar-refractivity contribution in [1.29, 1.82) is 0 Å². The van der Waals surface area contributed by atoms with Gasteiger partial charge in [0.25, 0.3) is 0 Å². The molecule has 1 saturated heterocycles. The second-order valence-corrected chi connectivity index (χ2v) is 13.8. The van der Waals surface area contributed by atoms with Gasteiger partial charge in [0, 0.05) is 42.7 Å². The molecule has 1 fully saturated rings. The predicted octanol–water partition coefficient (Wildman–Crippen LogP) is 5.77. The number of fused-ring (bicyclic) bond motifs is 1. The van der Waals surface area contributed by atoms with Crippen molar-refractivity contribution in [3.05, 3.63) is 89.0 Å². The van der Waals surface area contributed by atoms with Crippen LogP contribution in [0.5, 0.6) is 11.5 Å². The minimum Gasteiger partial charge on any atom is -0.496 e. The molecule has 2 aliphatic rings. The maximum atomic E-state index is 14.3. The molecule has 0 bridgehead atoms. The molecule has 8 nitrogen and oxygen atoms in total. The summed E-state index contributed by atoms with van der Waals surface area (Å²) in [5.41, 5.74) is 5.25. The van der Waals surface area contributed by atoms with Crippen LogP contribution in [0.1, 0.15) is 54.4 Å². The van der Waals surface area contributed by atoms with Crippen LogP contribution in [0.4, 0.5) is 5.69 Å². The fourth-order valence-electron chi connectivity index (χ4n) is 7.18. The fourth-order valence-corrected chi connectivity index (χ4v) is 7.18. The average Bonchev–Trinajstić information content (AvgIpc) is 3.64. The van der Waals surface area contributed by atoms with E-state index in [1.54, 1.807) is 7.11 Å². The molecule has 1 amide bonds. The van der Waals surface area contributed by atoms with E-state index in [-0.39, 0.29) is 24.4 Å². The lowest BCUT2D eigenvalue weighted by Crippen LogP contribution is -2.44. The van der Waals surface area contributed by atoms with Crippen molar-refractivity contribution in [2.45, 2.75) is 57.5 Å². The largest absolute Gasteiger partial charge is 0.496 e. The molecular weight excluding hydrogens is 578 g/mol. The Bertz CT molecular complexity index is 1520. The van der Waals surface area contributed by atoms with Gasteiger partial charge in [-0.1, -0.05) is 55.8 Å². The summed E-state index contributed by atoms with van der Waals surface area (Å²) in [5, 5.41) is 10.7. The highest BCUT2D eigenvalue weighted by atomic mass is 16.5. The summed E-state index contributed by atoms with van der Waals surface area (Å²) < 4.78 is 12.1. The molecule has 8 heteroatoms. The van der Waals surface area contributed by atoms with Gasteiger partial charge in [0.05, 0.1) is 47.3 Å². The molecular formula is C38H50N3O5+. The number of aryl methyl sites for hydroxylation is 1. The summed E-state index contributed by atoms with van der Waals surface area (Å²) in [5.74, 6) is -0.0318. The number of rotatable bonds is 14. The zero-order chi connectivity index (χ0) is 32.8. The van der Waals surface area contributed by atoms with Crippen LogP contribution in [-0.2, 0) is 29.0 Å². The zero-order valence-electron chi connectivity index (χ0n) is 28.1. The van der Waals surface area contributed by atoms with E-state index < -0.39 is 11.9 Å². The van der Waals surface area contributed by atoms with Crippen molar-refractivity contribution >= 4 is 17.6 Å². The third-order valence-corrected chi connectivity index (χ3v) is 9.33. The Hall–Kier alpha value is -3.88. The minimum atomic E-state index is -0.822. The van der Waals surface area contributed by atoms with Crippen LogP contribution in [0.2, 0.25) is 0 Å². The number of likely N-dealkylation sites (tertiary alicyclic amines) is 1. The van der Waals surface area contributed by atoms with E-state index >= 15 is 0 Å². The van der Waals surface area contributed by atoms with Crippen molar-refractivity contribution in [3.63, 3.8) is 0 Å². The summed E-state index contributed by atoms with van der Waals surface area (Å²) in [7, 11) is 8.14. The van der Waals surface area contributed by atoms with E-state index in [2.05, 4.69) is 51.2 Å². The van der Waals surface area contributed by atoms with Gasteiger partial charge < -0.3 is 24.0 Å². The van der Waals surface area contributed by atoms with Gasteiger partial charge in [-0.3, -0.25) is 14.5 Å². The number of carbonyl (C=O) groups is 2. The highest BCUT2D eigenvalue weighted by Crippen LogP contribution is 2.42. The molecule has 246 valence electrons. The molecule has 3 aromatic rings. The lowest BCUT2D eigenvalue weighted by atomic mass is 9.83. The lowest BCUT2D eigenvalue weighted by molar-refractivity contribution is -0.884. The van der Waals surface area contributed by atoms with Crippen molar-refractivity contribution in [2.75, 3.05) is 59.4 Å². The SMILES string of the molecule is CCCCN(C(=O)CN1C[C@H](c2ccc3c(c2)CCO3)[C@@H](C(=O)O)[C@@H]1CCc1ccccc1OC)c1cccc(C[N+](C)(C)C)c1. The monoisotopic (exact) mass is 628 g/mol. The highest BCUT2D eigenvalue weighted by molar-refractivity contribution is 5.95. The van der Waals surface area contributed by atoms with Crippen LogP contribution in [-0.4, -0.2) is 86.9 Å². The van der Waals surface area contributed by atoms with Crippen LogP contribution < -0.4 is 14.4 Å². The van der Waals surface area contributed by atoms with E-state index in [1.807, 2.05) is 53.4 Å². The summed E-state index contributed by atoms with van der Waals surface area (Å²) >= 11 is 0. The molecule has 2 aliphatic heterocycles. The first-order chi connectivity index (χ1) is 22.1. The first-order valence-electron chi connectivity index (χ1n) is 16.6. The van der Waals surface area contributed by atoms with Crippen LogP contribution in [0, 0.1) is 5.92 Å². The second kappa shape index (κ2) is 14.7. The number of aliphatic carboxylic acids is 1. The molecule has 0 aliphatic carbocycles. The Kier molecular flexibility index (Phi) is 10.7. The van der Waals surface area contributed by atoms with Gasteiger partial charge in [-0.15, -0.1) is 0 Å². The number of quaternary nitrogens is 1. The summed E-state index contributed by atoms with van der Waals surface area (Å²) in [6.07, 6.45) is 3.94. The maximum absolute atomic E-state index is 14.3. The Labute approximate surface area is 274 Å².